The fourth-order valence-electron chi connectivity index (χ4n) is 2.19. The average molecular weight is 258 g/mol. The van der Waals surface area contributed by atoms with Crippen molar-refractivity contribution in [3.8, 4) is 5.75 Å². The van der Waals surface area contributed by atoms with Gasteiger partial charge in [-0.25, -0.2) is 0 Å². The lowest BCUT2D eigenvalue weighted by atomic mass is 9.92. The molecule has 1 fully saturated rings. The van der Waals surface area contributed by atoms with E-state index in [1.807, 2.05) is 24.3 Å². The van der Waals surface area contributed by atoms with Crippen LogP contribution in [-0.4, -0.2) is 30.8 Å². The topological polar surface area (TPSA) is 58.6 Å². The smallest absolute Gasteiger partial charge is 0.321 e. The Labute approximate surface area is 106 Å². The van der Waals surface area contributed by atoms with Crippen molar-refractivity contribution in [2.24, 2.45) is 0 Å². The number of hydrogen-bond acceptors (Lipinski definition) is 3. The Balaban J connectivity index is 0.00000144. The molecule has 0 spiro atoms. The molecule has 1 saturated heterocycles. The number of methoxy groups -OCH3 is 1. The molecule has 94 valence electrons. The van der Waals surface area contributed by atoms with E-state index >= 15 is 0 Å². The highest BCUT2D eigenvalue weighted by Gasteiger charge is 2.33. The van der Waals surface area contributed by atoms with E-state index in [9.17, 15) is 4.79 Å². The average Bonchev–Trinajstić information content (AvgIpc) is 2.78. The van der Waals surface area contributed by atoms with Gasteiger partial charge in [0.2, 0.25) is 0 Å². The van der Waals surface area contributed by atoms with Crippen LogP contribution in [0, 0.1) is 0 Å². The fourth-order valence-corrected chi connectivity index (χ4v) is 2.19. The van der Waals surface area contributed by atoms with Crippen LogP contribution < -0.4 is 10.1 Å². The molecule has 0 bridgehead atoms. The molecule has 1 aromatic carbocycles. The molecule has 4 nitrogen and oxygen atoms in total. The highest BCUT2D eigenvalue weighted by Crippen LogP contribution is 2.29. The monoisotopic (exact) mass is 257 g/mol. The predicted molar refractivity (Wildman–Crippen MR) is 67.0 cm³/mol. The standard InChI is InChI=1S/C12H15NO3.ClH/c1-16-9-4-2-3-8(7-9)10-5-6-13-11(10)12(14)15;/h2-4,7,10-11,13H,5-6H2,1H3,(H,14,15);1H/t10-,11+;/m0./s1. The van der Waals surface area contributed by atoms with Crippen LogP contribution in [0.5, 0.6) is 5.75 Å². The first-order chi connectivity index (χ1) is 7.72. The van der Waals surface area contributed by atoms with E-state index < -0.39 is 12.0 Å². The van der Waals surface area contributed by atoms with Gasteiger partial charge in [0, 0.05) is 5.92 Å². The zero-order valence-corrected chi connectivity index (χ0v) is 10.4. The molecule has 0 amide bonds. The number of hydrogen-bond donors (Lipinski definition) is 2. The minimum Gasteiger partial charge on any atom is -0.497 e. The minimum absolute atomic E-state index is 0. The first-order valence-electron chi connectivity index (χ1n) is 5.32. The summed E-state index contributed by atoms with van der Waals surface area (Å²) in [5.74, 6) is 0.0199. The predicted octanol–water partition coefficient (Wildman–Crippen LogP) is 1.65. The zero-order valence-electron chi connectivity index (χ0n) is 9.55. The van der Waals surface area contributed by atoms with E-state index in [-0.39, 0.29) is 18.3 Å². The molecule has 17 heavy (non-hydrogen) atoms. The highest BCUT2D eigenvalue weighted by molar-refractivity contribution is 5.85. The van der Waals surface area contributed by atoms with E-state index in [0.717, 1.165) is 24.3 Å². The molecule has 1 aliphatic rings. The summed E-state index contributed by atoms with van der Waals surface area (Å²) in [4.78, 5) is 11.0. The molecule has 2 N–H and O–H groups in total. The van der Waals surface area contributed by atoms with Crippen molar-refractivity contribution in [1.29, 1.82) is 0 Å². The summed E-state index contributed by atoms with van der Waals surface area (Å²) in [5.41, 5.74) is 1.02. The second-order valence-corrected chi connectivity index (χ2v) is 3.94. The number of ether oxygens (including phenoxy) is 1. The summed E-state index contributed by atoms with van der Waals surface area (Å²) in [6, 6.07) is 7.14. The van der Waals surface area contributed by atoms with Gasteiger partial charge < -0.3 is 15.2 Å². The number of nitrogens with one attached hydrogen (secondary N) is 1. The Morgan fingerprint density at radius 3 is 2.94 bits per heavy atom. The molecular formula is C12H16ClNO3. The van der Waals surface area contributed by atoms with Gasteiger partial charge in [0.25, 0.3) is 0 Å². The summed E-state index contributed by atoms with van der Waals surface area (Å²) < 4.78 is 5.14. The number of carbonyl (C=O) groups is 1. The number of carboxylic acids is 1. The van der Waals surface area contributed by atoms with Gasteiger partial charge in [-0.15, -0.1) is 12.4 Å². The Kier molecular flexibility index (Phi) is 4.78. The van der Waals surface area contributed by atoms with E-state index in [1.54, 1.807) is 7.11 Å². The van der Waals surface area contributed by atoms with Gasteiger partial charge in [-0.1, -0.05) is 12.1 Å². The van der Waals surface area contributed by atoms with E-state index in [4.69, 9.17) is 9.84 Å². The molecule has 0 unspecified atom stereocenters. The van der Waals surface area contributed by atoms with Gasteiger partial charge in [-0.2, -0.15) is 0 Å². The third-order valence-corrected chi connectivity index (χ3v) is 3.01. The summed E-state index contributed by atoms with van der Waals surface area (Å²) in [5, 5.41) is 12.1. The molecular weight excluding hydrogens is 242 g/mol. The maximum Gasteiger partial charge on any atom is 0.321 e. The van der Waals surface area contributed by atoms with Crippen LogP contribution >= 0.6 is 12.4 Å². The van der Waals surface area contributed by atoms with Crippen LogP contribution in [0.4, 0.5) is 0 Å². The first-order valence-corrected chi connectivity index (χ1v) is 5.32. The molecule has 2 atom stereocenters. The minimum atomic E-state index is -0.787. The van der Waals surface area contributed by atoms with Crippen LogP contribution in [0.2, 0.25) is 0 Å². The lowest BCUT2D eigenvalue weighted by Gasteiger charge is -2.16. The Morgan fingerprint density at radius 2 is 2.29 bits per heavy atom. The molecule has 0 radical (unpaired) electrons. The summed E-state index contributed by atoms with van der Waals surface area (Å²) in [6.07, 6.45) is 0.851. The second kappa shape index (κ2) is 5.89. The molecule has 0 aliphatic carbocycles. The van der Waals surface area contributed by atoms with Gasteiger partial charge >= 0.3 is 5.97 Å². The van der Waals surface area contributed by atoms with E-state index in [2.05, 4.69) is 5.32 Å². The van der Waals surface area contributed by atoms with Crippen LogP contribution in [0.15, 0.2) is 24.3 Å². The molecule has 1 aliphatic heterocycles. The van der Waals surface area contributed by atoms with Crippen molar-refractivity contribution in [3.05, 3.63) is 29.8 Å². The van der Waals surface area contributed by atoms with Crippen molar-refractivity contribution in [1.82, 2.24) is 5.32 Å². The normalized spacial score (nSPS) is 22.9. The Morgan fingerprint density at radius 1 is 1.53 bits per heavy atom. The van der Waals surface area contributed by atoms with E-state index in [0.29, 0.717) is 0 Å². The maximum absolute atomic E-state index is 11.0. The van der Waals surface area contributed by atoms with Crippen LogP contribution in [0.25, 0.3) is 0 Å². The number of benzene rings is 1. The third-order valence-electron chi connectivity index (χ3n) is 3.01. The number of rotatable bonds is 3. The summed E-state index contributed by atoms with van der Waals surface area (Å²) in [7, 11) is 1.61. The lowest BCUT2D eigenvalue weighted by Crippen LogP contribution is -2.34. The van der Waals surface area contributed by atoms with Gasteiger partial charge in [0.15, 0.2) is 0 Å². The van der Waals surface area contributed by atoms with Gasteiger partial charge in [0.1, 0.15) is 11.8 Å². The Hall–Kier alpha value is -1.26. The fraction of sp³-hybridized carbons (Fsp3) is 0.417. The number of halogens is 1. The number of carboxylic acid groups (broad SMARTS) is 1. The maximum atomic E-state index is 11.0. The quantitative estimate of drug-likeness (QED) is 0.865. The lowest BCUT2D eigenvalue weighted by molar-refractivity contribution is -0.139. The van der Waals surface area contributed by atoms with Crippen molar-refractivity contribution < 1.29 is 14.6 Å². The molecule has 5 heteroatoms. The zero-order chi connectivity index (χ0) is 11.5. The van der Waals surface area contributed by atoms with Crippen LogP contribution in [-0.2, 0) is 4.79 Å². The highest BCUT2D eigenvalue weighted by atomic mass is 35.5. The van der Waals surface area contributed by atoms with Crippen LogP contribution in [0.1, 0.15) is 17.9 Å². The van der Waals surface area contributed by atoms with Gasteiger partial charge in [-0.05, 0) is 30.7 Å². The summed E-state index contributed by atoms with van der Waals surface area (Å²) >= 11 is 0. The first kappa shape index (κ1) is 13.8. The van der Waals surface area contributed by atoms with Crippen molar-refractivity contribution in [2.75, 3.05) is 13.7 Å². The SMILES string of the molecule is COc1cccc([C@@H]2CCN[C@H]2C(=O)O)c1.Cl. The molecule has 0 saturated carbocycles. The van der Waals surface area contributed by atoms with Crippen molar-refractivity contribution >= 4 is 18.4 Å². The number of aliphatic carboxylic acids is 1. The van der Waals surface area contributed by atoms with Gasteiger partial charge in [0.05, 0.1) is 7.11 Å². The van der Waals surface area contributed by atoms with E-state index in [1.165, 1.54) is 0 Å². The van der Waals surface area contributed by atoms with Crippen molar-refractivity contribution in [3.63, 3.8) is 0 Å². The molecule has 1 aromatic rings. The van der Waals surface area contributed by atoms with Gasteiger partial charge in [-0.3, -0.25) is 4.79 Å². The Bertz CT molecular complexity index is 397. The van der Waals surface area contributed by atoms with Crippen molar-refractivity contribution in [2.45, 2.75) is 18.4 Å². The molecule has 2 rings (SSSR count). The molecule has 0 aromatic heterocycles. The largest absolute Gasteiger partial charge is 0.497 e. The third kappa shape index (κ3) is 2.90. The molecule has 1 heterocycles. The second-order valence-electron chi connectivity index (χ2n) is 3.94. The van der Waals surface area contributed by atoms with Crippen LogP contribution in [0.3, 0.4) is 0 Å². The summed E-state index contributed by atoms with van der Waals surface area (Å²) in [6.45, 7) is 0.749.